The molecule has 1 heterocycles. The highest BCUT2D eigenvalue weighted by Crippen LogP contribution is 2.24. The minimum absolute atomic E-state index is 0.0649. The van der Waals surface area contributed by atoms with E-state index >= 15 is 0 Å². The van der Waals surface area contributed by atoms with Crippen molar-refractivity contribution in [3.8, 4) is 11.3 Å². The number of hydrogen-bond donors (Lipinski definition) is 1. The van der Waals surface area contributed by atoms with Crippen LogP contribution in [0, 0.1) is 17.0 Å². The number of hydrogen-bond acceptors (Lipinski definition) is 6. The molecular formula is C17H15N3O5S. The van der Waals surface area contributed by atoms with Gasteiger partial charge in [0.25, 0.3) is 20.8 Å². The molecule has 0 saturated carbocycles. The maximum Gasteiger partial charge on any atom is 0.277 e. The van der Waals surface area contributed by atoms with Gasteiger partial charge in [0, 0.05) is 30.3 Å². The van der Waals surface area contributed by atoms with Crippen molar-refractivity contribution in [2.75, 3.05) is 0 Å². The Morgan fingerprint density at radius 2 is 1.77 bits per heavy atom. The van der Waals surface area contributed by atoms with Crippen LogP contribution in [0.3, 0.4) is 0 Å². The fourth-order valence-electron chi connectivity index (χ4n) is 2.23. The van der Waals surface area contributed by atoms with Gasteiger partial charge in [-0.25, -0.2) is 13.1 Å². The molecule has 0 radical (unpaired) electrons. The number of nitro groups is 1. The Balaban J connectivity index is 1.75. The lowest BCUT2D eigenvalue weighted by Crippen LogP contribution is -2.22. The van der Waals surface area contributed by atoms with Crippen molar-refractivity contribution in [2.24, 2.45) is 0 Å². The van der Waals surface area contributed by atoms with E-state index in [1.54, 1.807) is 0 Å². The van der Waals surface area contributed by atoms with Crippen LogP contribution in [-0.2, 0) is 16.6 Å². The van der Waals surface area contributed by atoms with Crippen molar-refractivity contribution >= 4 is 15.7 Å². The molecule has 134 valence electrons. The Morgan fingerprint density at radius 1 is 1.12 bits per heavy atom. The molecule has 26 heavy (non-hydrogen) atoms. The molecule has 0 spiro atoms. The highest BCUT2D eigenvalue weighted by atomic mass is 32.2. The monoisotopic (exact) mass is 373 g/mol. The molecule has 0 unspecified atom stereocenters. The third-order valence-corrected chi connectivity index (χ3v) is 4.96. The van der Waals surface area contributed by atoms with Crippen LogP contribution in [0.4, 0.5) is 5.69 Å². The maximum atomic E-state index is 12.3. The number of nitro benzene ring substituents is 1. The predicted molar refractivity (Wildman–Crippen MR) is 93.8 cm³/mol. The molecule has 0 atom stereocenters. The molecule has 0 saturated heterocycles. The number of non-ortho nitro benzene ring substituents is 1. The molecule has 0 aliphatic rings. The van der Waals surface area contributed by atoms with Crippen LogP contribution in [0.5, 0.6) is 0 Å². The molecule has 0 aliphatic heterocycles. The average molecular weight is 373 g/mol. The first-order valence-corrected chi connectivity index (χ1v) is 9.10. The highest BCUT2D eigenvalue weighted by molar-refractivity contribution is 7.89. The van der Waals surface area contributed by atoms with E-state index in [-0.39, 0.29) is 23.0 Å². The topological polar surface area (TPSA) is 115 Å². The number of rotatable bonds is 6. The Hall–Kier alpha value is -3.04. The van der Waals surface area contributed by atoms with Crippen LogP contribution in [0.2, 0.25) is 0 Å². The number of benzene rings is 2. The first-order chi connectivity index (χ1) is 12.3. The average Bonchev–Trinajstić information content (AvgIpc) is 3.12. The lowest BCUT2D eigenvalue weighted by Gasteiger charge is -2.04. The summed E-state index contributed by atoms with van der Waals surface area (Å²) in [6, 6.07) is 14.3. The third kappa shape index (κ3) is 3.95. The number of aromatic nitrogens is 1. The molecule has 2 aromatic carbocycles. The van der Waals surface area contributed by atoms with Gasteiger partial charge in [0.2, 0.25) is 0 Å². The number of nitrogens with zero attached hydrogens (tertiary/aromatic N) is 2. The zero-order valence-electron chi connectivity index (χ0n) is 13.7. The first kappa shape index (κ1) is 17.8. The second kappa shape index (κ2) is 7.06. The maximum absolute atomic E-state index is 12.3. The third-order valence-electron chi connectivity index (χ3n) is 3.71. The molecule has 1 aromatic heterocycles. The molecule has 0 amide bonds. The molecule has 0 fully saturated rings. The van der Waals surface area contributed by atoms with Crippen LogP contribution in [0.15, 0.2) is 64.2 Å². The van der Waals surface area contributed by atoms with E-state index < -0.39 is 14.9 Å². The molecule has 8 nitrogen and oxygen atoms in total. The van der Waals surface area contributed by atoms with Crippen molar-refractivity contribution in [2.45, 2.75) is 18.6 Å². The van der Waals surface area contributed by atoms with Gasteiger partial charge in [0.15, 0.2) is 0 Å². The summed E-state index contributed by atoms with van der Waals surface area (Å²) in [7, 11) is -3.86. The molecule has 9 heteroatoms. The quantitative estimate of drug-likeness (QED) is 0.524. The Labute approximate surface area is 149 Å². The van der Waals surface area contributed by atoms with E-state index in [9.17, 15) is 18.5 Å². The van der Waals surface area contributed by atoms with E-state index in [0.29, 0.717) is 5.56 Å². The number of sulfonamides is 1. The van der Waals surface area contributed by atoms with Crippen molar-refractivity contribution in [1.29, 1.82) is 0 Å². The SMILES string of the molecule is Cc1ccc(CNS(=O)(=O)c2cc(-c3ccc([N+](=O)[O-])cc3)no2)cc1. The van der Waals surface area contributed by atoms with E-state index in [1.807, 2.05) is 31.2 Å². The Bertz CT molecular complexity index is 1030. The zero-order valence-corrected chi connectivity index (χ0v) is 14.6. The molecule has 0 aliphatic carbocycles. The van der Waals surface area contributed by atoms with Gasteiger partial charge < -0.3 is 4.52 Å². The lowest BCUT2D eigenvalue weighted by atomic mass is 10.1. The van der Waals surface area contributed by atoms with Gasteiger partial charge in [0.05, 0.1) is 4.92 Å². The second-order valence-electron chi connectivity index (χ2n) is 5.65. The van der Waals surface area contributed by atoms with Crippen molar-refractivity contribution in [1.82, 2.24) is 9.88 Å². The number of nitrogens with one attached hydrogen (secondary N) is 1. The van der Waals surface area contributed by atoms with Gasteiger partial charge in [-0.1, -0.05) is 35.0 Å². The van der Waals surface area contributed by atoms with Crippen molar-refractivity contribution < 1.29 is 17.9 Å². The van der Waals surface area contributed by atoms with Gasteiger partial charge in [-0.15, -0.1) is 0 Å². The lowest BCUT2D eigenvalue weighted by molar-refractivity contribution is -0.384. The fourth-order valence-corrected chi connectivity index (χ4v) is 3.13. The summed E-state index contributed by atoms with van der Waals surface area (Å²) in [5, 5.41) is 14.1. The summed E-state index contributed by atoms with van der Waals surface area (Å²) in [4.78, 5) is 10.2. The summed E-state index contributed by atoms with van der Waals surface area (Å²) in [6.07, 6.45) is 0. The summed E-state index contributed by atoms with van der Waals surface area (Å²) < 4.78 is 32.0. The molecule has 0 bridgehead atoms. The zero-order chi connectivity index (χ0) is 18.7. The molecule has 3 aromatic rings. The summed E-state index contributed by atoms with van der Waals surface area (Å²) in [5.74, 6) is 0. The molecule has 1 N–H and O–H groups in total. The van der Waals surface area contributed by atoms with Gasteiger partial charge >= 0.3 is 0 Å². The van der Waals surface area contributed by atoms with Crippen LogP contribution < -0.4 is 4.72 Å². The Kier molecular flexibility index (Phi) is 4.83. The van der Waals surface area contributed by atoms with Crippen LogP contribution in [-0.4, -0.2) is 18.5 Å². The fraction of sp³-hybridized carbons (Fsp3) is 0.118. The Morgan fingerprint density at radius 3 is 2.38 bits per heavy atom. The second-order valence-corrected chi connectivity index (χ2v) is 7.34. The van der Waals surface area contributed by atoms with Crippen LogP contribution >= 0.6 is 0 Å². The van der Waals surface area contributed by atoms with Crippen LogP contribution in [0.1, 0.15) is 11.1 Å². The van der Waals surface area contributed by atoms with E-state index in [1.165, 1.54) is 30.3 Å². The highest BCUT2D eigenvalue weighted by Gasteiger charge is 2.21. The molecule has 3 rings (SSSR count). The number of aryl methyl sites for hydroxylation is 1. The molecular weight excluding hydrogens is 358 g/mol. The first-order valence-electron chi connectivity index (χ1n) is 7.62. The smallest absolute Gasteiger partial charge is 0.277 e. The van der Waals surface area contributed by atoms with Gasteiger partial charge in [0.1, 0.15) is 5.69 Å². The van der Waals surface area contributed by atoms with Gasteiger partial charge in [-0.05, 0) is 24.6 Å². The van der Waals surface area contributed by atoms with Crippen LogP contribution in [0.25, 0.3) is 11.3 Å². The summed E-state index contributed by atoms with van der Waals surface area (Å²) in [5.41, 5.74) is 2.62. The minimum Gasteiger partial charge on any atom is -0.343 e. The summed E-state index contributed by atoms with van der Waals surface area (Å²) in [6.45, 7) is 2.07. The van der Waals surface area contributed by atoms with E-state index in [0.717, 1.165) is 11.1 Å². The minimum atomic E-state index is -3.86. The summed E-state index contributed by atoms with van der Waals surface area (Å²) >= 11 is 0. The van der Waals surface area contributed by atoms with Gasteiger partial charge in [-0.3, -0.25) is 10.1 Å². The van der Waals surface area contributed by atoms with E-state index in [2.05, 4.69) is 9.88 Å². The normalized spacial score (nSPS) is 11.4. The van der Waals surface area contributed by atoms with Crippen molar-refractivity contribution in [3.05, 3.63) is 75.8 Å². The van der Waals surface area contributed by atoms with Gasteiger partial charge in [-0.2, -0.15) is 0 Å². The predicted octanol–water partition coefficient (Wildman–Crippen LogP) is 3.04. The largest absolute Gasteiger partial charge is 0.343 e. The van der Waals surface area contributed by atoms with Crippen molar-refractivity contribution in [3.63, 3.8) is 0 Å². The standard InChI is InChI=1S/C17H15N3O5S/c1-12-2-4-13(5-3-12)11-18-26(23,24)17-10-16(19-25-17)14-6-8-15(9-7-14)20(21)22/h2-10,18H,11H2,1H3. The van der Waals surface area contributed by atoms with E-state index in [4.69, 9.17) is 4.52 Å².